The normalized spacial score (nSPS) is 10.6. The Morgan fingerprint density at radius 2 is 1.66 bits per heavy atom. The molecule has 0 N–H and O–H groups in total. The van der Waals surface area contributed by atoms with Gasteiger partial charge >= 0.3 is 0 Å². The van der Waals surface area contributed by atoms with E-state index in [9.17, 15) is 9.59 Å². The number of nitrogens with zero attached hydrogens (tertiary/aromatic N) is 2. The molecule has 0 fully saturated rings. The molecule has 0 radical (unpaired) electrons. The molecule has 0 spiro atoms. The zero-order valence-electron chi connectivity index (χ0n) is 20.7. The minimum absolute atomic E-state index is 0.0562. The van der Waals surface area contributed by atoms with Crippen LogP contribution in [0.5, 0.6) is 11.5 Å². The summed E-state index contributed by atoms with van der Waals surface area (Å²) in [4.78, 5) is 31.3. The van der Waals surface area contributed by atoms with Crippen LogP contribution >= 0.6 is 11.3 Å². The summed E-state index contributed by atoms with van der Waals surface area (Å²) in [6.45, 7) is 3.75. The number of unbranched alkanes of at least 4 members (excludes halogenated alkanes) is 1. The van der Waals surface area contributed by atoms with Crippen LogP contribution in [0.1, 0.15) is 40.6 Å². The van der Waals surface area contributed by atoms with E-state index >= 15 is 0 Å². The minimum Gasteiger partial charge on any atom is -0.493 e. The average Bonchev–Trinajstić information content (AvgIpc) is 3.42. The van der Waals surface area contributed by atoms with Gasteiger partial charge in [0.1, 0.15) is 6.54 Å². The predicted molar refractivity (Wildman–Crippen MR) is 140 cm³/mol. The monoisotopic (exact) mass is 494 g/mol. The van der Waals surface area contributed by atoms with Crippen molar-refractivity contribution in [1.82, 2.24) is 9.80 Å². The van der Waals surface area contributed by atoms with Gasteiger partial charge < -0.3 is 19.3 Å². The fourth-order valence-electron chi connectivity index (χ4n) is 3.81. The van der Waals surface area contributed by atoms with Crippen LogP contribution in [0.25, 0.3) is 0 Å². The zero-order valence-corrected chi connectivity index (χ0v) is 21.6. The number of hydrogen-bond donors (Lipinski definition) is 0. The lowest BCUT2D eigenvalue weighted by Crippen LogP contribution is -2.43. The molecule has 0 saturated heterocycles. The molecule has 1 aromatic heterocycles. The molecule has 186 valence electrons. The van der Waals surface area contributed by atoms with Crippen LogP contribution in [0, 0.1) is 0 Å². The summed E-state index contributed by atoms with van der Waals surface area (Å²) in [6, 6.07) is 19.0. The van der Waals surface area contributed by atoms with Gasteiger partial charge in [0.2, 0.25) is 5.91 Å². The molecule has 35 heavy (non-hydrogen) atoms. The molecule has 0 bridgehead atoms. The highest BCUT2D eigenvalue weighted by Crippen LogP contribution is 2.28. The Balaban J connectivity index is 1.75. The number of benzene rings is 2. The van der Waals surface area contributed by atoms with Gasteiger partial charge in [0.05, 0.1) is 20.8 Å². The Morgan fingerprint density at radius 3 is 2.31 bits per heavy atom. The average molecular weight is 495 g/mol. The largest absolute Gasteiger partial charge is 0.493 e. The van der Waals surface area contributed by atoms with Crippen LogP contribution in [0.4, 0.5) is 0 Å². The van der Waals surface area contributed by atoms with Gasteiger partial charge in [0.15, 0.2) is 11.5 Å². The van der Waals surface area contributed by atoms with E-state index in [0.717, 1.165) is 23.3 Å². The van der Waals surface area contributed by atoms with E-state index in [1.54, 1.807) is 42.6 Å². The van der Waals surface area contributed by atoms with E-state index in [1.807, 2.05) is 58.8 Å². The van der Waals surface area contributed by atoms with Crippen LogP contribution < -0.4 is 9.47 Å². The summed E-state index contributed by atoms with van der Waals surface area (Å²) >= 11 is 1.63. The first-order chi connectivity index (χ1) is 17.0. The van der Waals surface area contributed by atoms with Gasteiger partial charge in [-0.3, -0.25) is 9.59 Å². The summed E-state index contributed by atoms with van der Waals surface area (Å²) in [5.41, 5.74) is 1.65. The molecule has 3 aromatic rings. The SMILES string of the molecule is CCCCN(CC(=O)N(CCc1ccc(OC)c(OC)c1)Cc1cccs1)C(=O)c1ccccc1. The maximum absolute atomic E-state index is 13.5. The summed E-state index contributed by atoms with van der Waals surface area (Å²) in [5, 5.41) is 2.01. The maximum Gasteiger partial charge on any atom is 0.254 e. The second-order valence-electron chi connectivity index (χ2n) is 8.28. The number of carbonyl (C=O) groups is 2. The van der Waals surface area contributed by atoms with E-state index in [1.165, 1.54) is 0 Å². The number of methoxy groups -OCH3 is 2. The third-order valence-corrected chi connectivity index (χ3v) is 6.67. The fraction of sp³-hybridized carbons (Fsp3) is 0.357. The molecule has 2 aromatic carbocycles. The lowest BCUT2D eigenvalue weighted by Gasteiger charge is -2.28. The lowest BCUT2D eigenvalue weighted by atomic mass is 10.1. The summed E-state index contributed by atoms with van der Waals surface area (Å²) in [5.74, 6) is 1.18. The van der Waals surface area contributed by atoms with Crippen molar-refractivity contribution < 1.29 is 19.1 Å². The number of rotatable bonds is 13. The van der Waals surface area contributed by atoms with Crippen LogP contribution in [0.3, 0.4) is 0 Å². The third kappa shape index (κ3) is 7.59. The Hall–Kier alpha value is -3.32. The molecule has 0 atom stereocenters. The van der Waals surface area contributed by atoms with Crippen molar-refractivity contribution >= 4 is 23.2 Å². The number of amides is 2. The first-order valence-corrected chi connectivity index (χ1v) is 12.8. The van der Waals surface area contributed by atoms with E-state index < -0.39 is 0 Å². The number of hydrogen-bond acceptors (Lipinski definition) is 5. The molecular weight excluding hydrogens is 460 g/mol. The van der Waals surface area contributed by atoms with Crippen molar-refractivity contribution in [3.8, 4) is 11.5 Å². The quantitative estimate of drug-likeness (QED) is 0.324. The van der Waals surface area contributed by atoms with Crippen molar-refractivity contribution in [2.45, 2.75) is 32.7 Å². The Bertz CT molecular complexity index is 1070. The molecular formula is C28H34N2O4S. The highest BCUT2D eigenvalue weighted by atomic mass is 32.1. The van der Waals surface area contributed by atoms with Crippen molar-refractivity contribution in [3.63, 3.8) is 0 Å². The topological polar surface area (TPSA) is 59.1 Å². The maximum atomic E-state index is 13.5. The van der Waals surface area contributed by atoms with Gasteiger partial charge in [-0.15, -0.1) is 11.3 Å². The molecule has 0 saturated carbocycles. The highest BCUT2D eigenvalue weighted by molar-refractivity contribution is 7.09. The third-order valence-electron chi connectivity index (χ3n) is 5.81. The molecule has 6 nitrogen and oxygen atoms in total. The summed E-state index contributed by atoms with van der Waals surface area (Å²) in [6.07, 6.45) is 2.46. The molecule has 0 aliphatic rings. The van der Waals surface area contributed by atoms with E-state index in [-0.39, 0.29) is 18.4 Å². The first kappa shape index (κ1) is 26.3. The zero-order chi connectivity index (χ0) is 25.0. The molecule has 3 rings (SSSR count). The molecule has 0 aliphatic heterocycles. The Labute approximate surface area is 212 Å². The van der Waals surface area contributed by atoms with Gasteiger partial charge in [-0.1, -0.05) is 43.7 Å². The number of ether oxygens (including phenoxy) is 2. The van der Waals surface area contributed by atoms with Crippen molar-refractivity contribution in [2.24, 2.45) is 0 Å². The van der Waals surface area contributed by atoms with E-state index in [0.29, 0.717) is 43.1 Å². The number of thiophene rings is 1. The summed E-state index contributed by atoms with van der Waals surface area (Å²) < 4.78 is 10.8. The molecule has 7 heteroatoms. The lowest BCUT2D eigenvalue weighted by molar-refractivity contribution is -0.132. The smallest absolute Gasteiger partial charge is 0.254 e. The van der Waals surface area contributed by atoms with Gasteiger partial charge in [-0.2, -0.15) is 0 Å². The highest BCUT2D eigenvalue weighted by Gasteiger charge is 2.22. The second-order valence-corrected chi connectivity index (χ2v) is 9.31. The molecule has 0 unspecified atom stereocenters. The van der Waals surface area contributed by atoms with E-state index in [4.69, 9.17) is 9.47 Å². The molecule has 0 aliphatic carbocycles. The van der Waals surface area contributed by atoms with Crippen LogP contribution in [-0.4, -0.2) is 55.5 Å². The fourth-order valence-corrected chi connectivity index (χ4v) is 4.53. The van der Waals surface area contributed by atoms with E-state index in [2.05, 4.69) is 6.92 Å². The second kappa shape index (κ2) is 13.5. The van der Waals surface area contributed by atoms with Crippen molar-refractivity contribution in [1.29, 1.82) is 0 Å². The first-order valence-electron chi connectivity index (χ1n) is 11.9. The minimum atomic E-state index is -0.108. The van der Waals surface area contributed by atoms with Gasteiger partial charge in [-0.05, 0) is 54.1 Å². The van der Waals surface area contributed by atoms with Crippen LogP contribution in [0.2, 0.25) is 0 Å². The Kier molecular flexibility index (Phi) is 10.2. The van der Waals surface area contributed by atoms with Crippen LogP contribution in [-0.2, 0) is 17.8 Å². The van der Waals surface area contributed by atoms with Crippen molar-refractivity contribution in [2.75, 3.05) is 33.9 Å². The molecule has 2 amide bonds. The summed E-state index contributed by atoms with van der Waals surface area (Å²) in [7, 11) is 3.23. The molecule has 1 heterocycles. The standard InChI is InChI=1S/C28H34N2O4S/c1-4-5-16-30(28(32)23-10-7-6-8-11-23)21-27(31)29(20-24-12-9-18-35-24)17-15-22-13-14-25(33-2)26(19-22)34-3/h6-14,18-19H,4-5,15-17,20-21H2,1-3H3. The van der Waals surface area contributed by atoms with Gasteiger partial charge in [0.25, 0.3) is 5.91 Å². The van der Waals surface area contributed by atoms with Crippen LogP contribution in [0.15, 0.2) is 66.0 Å². The Morgan fingerprint density at radius 1 is 0.886 bits per heavy atom. The van der Waals surface area contributed by atoms with Gasteiger partial charge in [-0.25, -0.2) is 0 Å². The number of carbonyl (C=O) groups excluding carboxylic acids is 2. The predicted octanol–water partition coefficient (Wildman–Crippen LogP) is 5.28. The van der Waals surface area contributed by atoms with Crippen molar-refractivity contribution in [3.05, 3.63) is 82.0 Å². The van der Waals surface area contributed by atoms with Gasteiger partial charge in [0, 0.05) is 23.5 Å².